The highest BCUT2D eigenvalue weighted by Crippen LogP contribution is 2.50. The molecule has 2 rings (SSSR count). The molecule has 5 nitrogen and oxygen atoms in total. The zero-order chi connectivity index (χ0) is 23.0. The van der Waals surface area contributed by atoms with Gasteiger partial charge in [-0.15, -0.1) is 0 Å². The molecule has 0 radical (unpaired) electrons. The average molecular weight is 417 g/mol. The summed E-state index contributed by atoms with van der Waals surface area (Å²) in [6.07, 6.45) is 3.69. The predicted molar refractivity (Wildman–Crippen MR) is 118 cm³/mol. The summed E-state index contributed by atoms with van der Waals surface area (Å²) in [5, 5.41) is 33.0. The highest BCUT2D eigenvalue weighted by Gasteiger charge is 2.53. The van der Waals surface area contributed by atoms with Crippen LogP contribution in [0.3, 0.4) is 0 Å². The molecule has 30 heavy (non-hydrogen) atoms. The summed E-state index contributed by atoms with van der Waals surface area (Å²) in [6.45, 7) is 15.0. The second-order valence-corrected chi connectivity index (χ2v) is 9.46. The first-order valence-corrected chi connectivity index (χ1v) is 10.8. The number of carbonyl (C=O) groups excluding carboxylic acids is 2. The number of carbonyl (C=O) groups is 2. The van der Waals surface area contributed by atoms with E-state index in [1.54, 1.807) is 13.8 Å². The van der Waals surface area contributed by atoms with Crippen LogP contribution in [-0.2, 0) is 9.59 Å². The maximum Gasteiger partial charge on any atom is 0.181 e. The number of hydrogen-bond donors (Lipinski definition) is 3. The topological polar surface area (TPSA) is 94.8 Å². The van der Waals surface area contributed by atoms with Crippen LogP contribution in [0.4, 0.5) is 0 Å². The number of hydrogen-bond acceptors (Lipinski definition) is 5. The third kappa shape index (κ3) is 4.31. The molecule has 0 saturated heterocycles. The van der Waals surface area contributed by atoms with Gasteiger partial charge in [-0.05, 0) is 59.3 Å². The molecule has 0 amide bonds. The van der Waals surface area contributed by atoms with E-state index in [-0.39, 0.29) is 35.2 Å². The summed E-state index contributed by atoms with van der Waals surface area (Å²) in [6, 6.07) is 0. The summed E-state index contributed by atoms with van der Waals surface area (Å²) >= 11 is 0. The number of allylic oxidation sites excluding steroid dienone is 5. The lowest BCUT2D eigenvalue weighted by atomic mass is 9.69. The van der Waals surface area contributed by atoms with Crippen molar-refractivity contribution in [1.29, 1.82) is 0 Å². The van der Waals surface area contributed by atoms with Crippen molar-refractivity contribution in [3.05, 3.63) is 46.5 Å². The zero-order valence-corrected chi connectivity index (χ0v) is 19.1. The molecule has 3 N–H and O–H groups in total. The fraction of sp³-hybridized carbons (Fsp3) is 0.600. The Labute approximate surface area is 179 Å². The van der Waals surface area contributed by atoms with Gasteiger partial charge in [0.05, 0.1) is 17.1 Å². The Kier molecular flexibility index (Phi) is 7.18. The maximum absolute atomic E-state index is 13.5. The van der Waals surface area contributed by atoms with Crippen LogP contribution in [0.2, 0.25) is 0 Å². The summed E-state index contributed by atoms with van der Waals surface area (Å²) in [4.78, 5) is 26.7. The van der Waals surface area contributed by atoms with Gasteiger partial charge in [-0.3, -0.25) is 9.59 Å². The Morgan fingerprint density at radius 2 is 1.87 bits per heavy atom. The van der Waals surface area contributed by atoms with Crippen molar-refractivity contribution in [2.75, 3.05) is 0 Å². The van der Waals surface area contributed by atoms with Gasteiger partial charge >= 0.3 is 0 Å². The summed E-state index contributed by atoms with van der Waals surface area (Å²) < 4.78 is 0. The largest absolute Gasteiger partial charge is 0.511 e. The Bertz CT molecular complexity index is 836. The molecule has 3 unspecified atom stereocenters. The SMILES string of the molecule is C=C(C)C1CC[C@](C)(O)[C@@H]1C1=C(O)/C(=C(\O)C(C)CC)C(=O)C(CC=C(C)C)C1=O. The second-order valence-electron chi connectivity index (χ2n) is 9.46. The highest BCUT2D eigenvalue weighted by molar-refractivity contribution is 6.21. The second kappa shape index (κ2) is 8.93. The van der Waals surface area contributed by atoms with Gasteiger partial charge in [-0.1, -0.05) is 37.6 Å². The Morgan fingerprint density at radius 3 is 2.37 bits per heavy atom. The molecule has 0 heterocycles. The third-order valence-electron chi connectivity index (χ3n) is 6.71. The van der Waals surface area contributed by atoms with Gasteiger partial charge < -0.3 is 15.3 Å². The first kappa shape index (κ1) is 24.1. The Morgan fingerprint density at radius 1 is 1.27 bits per heavy atom. The first-order chi connectivity index (χ1) is 13.8. The van der Waals surface area contributed by atoms with Crippen LogP contribution in [0.5, 0.6) is 0 Å². The quantitative estimate of drug-likeness (QED) is 0.241. The van der Waals surface area contributed by atoms with Crippen molar-refractivity contribution in [2.24, 2.45) is 23.7 Å². The van der Waals surface area contributed by atoms with E-state index in [0.717, 1.165) is 11.1 Å². The van der Waals surface area contributed by atoms with E-state index in [1.165, 1.54) is 0 Å². The molecule has 166 valence electrons. The lowest BCUT2D eigenvalue weighted by Crippen LogP contribution is -2.43. The van der Waals surface area contributed by atoms with Crippen molar-refractivity contribution in [3.63, 3.8) is 0 Å². The van der Waals surface area contributed by atoms with E-state index < -0.39 is 34.8 Å². The molecule has 1 saturated carbocycles. The predicted octanol–water partition coefficient (Wildman–Crippen LogP) is 5.13. The van der Waals surface area contributed by atoms with Crippen LogP contribution in [0.1, 0.15) is 67.2 Å². The number of aliphatic hydroxyl groups is 3. The Hall–Kier alpha value is -2.14. The van der Waals surface area contributed by atoms with Gasteiger partial charge in [0.15, 0.2) is 11.6 Å². The van der Waals surface area contributed by atoms with E-state index in [1.807, 2.05) is 33.8 Å². The fourth-order valence-corrected chi connectivity index (χ4v) is 4.65. The van der Waals surface area contributed by atoms with E-state index in [4.69, 9.17) is 0 Å². The van der Waals surface area contributed by atoms with E-state index in [2.05, 4.69) is 6.58 Å². The van der Waals surface area contributed by atoms with Crippen LogP contribution < -0.4 is 0 Å². The van der Waals surface area contributed by atoms with Crippen LogP contribution in [-0.4, -0.2) is 32.5 Å². The molecule has 0 bridgehead atoms. The molecule has 0 aliphatic heterocycles. The van der Waals surface area contributed by atoms with E-state index >= 15 is 0 Å². The molecule has 2 aliphatic carbocycles. The average Bonchev–Trinajstić information content (AvgIpc) is 2.96. The van der Waals surface area contributed by atoms with E-state index in [0.29, 0.717) is 19.3 Å². The number of ketones is 2. The minimum atomic E-state index is -1.22. The van der Waals surface area contributed by atoms with Gasteiger partial charge in [-0.2, -0.15) is 0 Å². The standard InChI is InChI=1S/C25H36O5/c1-8-15(6)21(26)19-23(28)17(10-9-13(2)3)22(27)18(24(19)29)20-16(14(4)5)11-12-25(20,7)30/h9,15-17,20,26,29-30H,4,8,10-12H2,1-3,5-7H3/b21-19-/t15?,16?,17?,20-,25-/m0/s1. The maximum atomic E-state index is 13.5. The first-order valence-electron chi connectivity index (χ1n) is 10.8. The minimum Gasteiger partial charge on any atom is -0.511 e. The van der Waals surface area contributed by atoms with Gasteiger partial charge in [0, 0.05) is 17.4 Å². The van der Waals surface area contributed by atoms with Crippen LogP contribution >= 0.6 is 0 Å². The van der Waals surface area contributed by atoms with Crippen LogP contribution in [0.15, 0.2) is 46.5 Å². The highest BCUT2D eigenvalue weighted by atomic mass is 16.3. The van der Waals surface area contributed by atoms with Crippen molar-refractivity contribution >= 4 is 11.6 Å². The molecule has 0 spiro atoms. The van der Waals surface area contributed by atoms with Gasteiger partial charge in [0.2, 0.25) is 0 Å². The monoisotopic (exact) mass is 416 g/mol. The molecule has 2 aliphatic rings. The number of aliphatic hydroxyl groups excluding tert-OH is 2. The molecule has 0 aromatic carbocycles. The lowest BCUT2D eigenvalue weighted by molar-refractivity contribution is -0.130. The van der Waals surface area contributed by atoms with Crippen LogP contribution in [0.25, 0.3) is 0 Å². The molecule has 5 heteroatoms. The smallest absolute Gasteiger partial charge is 0.181 e. The van der Waals surface area contributed by atoms with Crippen molar-refractivity contribution in [2.45, 2.75) is 72.8 Å². The summed E-state index contributed by atoms with van der Waals surface area (Å²) in [5.74, 6) is -3.92. The van der Waals surface area contributed by atoms with E-state index in [9.17, 15) is 24.9 Å². The van der Waals surface area contributed by atoms with Crippen LogP contribution in [0, 0.1) is 23.7 Å². The van der Waals surface area contributed by atoms with Gasteiger partial charge in [0.25, 0.3) is 0 Å². The molecular formula is C25H36O5. The Balaban J connectivity index is 2.78. The third-order valence-corrected chi connectivity index (χ3v) is 6.71. The number of Topliss-reactive ketones (excluding diaryl/α,β-unsaturated/α-hetero) is 2. The summed E-state index contributed by atoms with van der Waals surface area (Å²) in [5.41, 5.74) is 0.457. The molecular weight excluding hydrogens is 380 g/mol. The normalized spacial score (nSPS) is 32.3. The van der Waals surface area contributed by atoms with Gasteiger partial charge in [-0.25, -0.2) is 0 Å². The molecule has 0 aromatic rings. The number of rotatable bonds is 6. The van der Waals surface area contributed by atoms with Crippen molar-refractivity contribution < 1.29 is 24.9 Å². The fourth-order valence-electron chi connectivity index (χ4n) is 4.65. The zero-order valence-electron chi connectivity index (χ0n) is 19.1. The lowest BCUT2D eigenvalue weighted by Gasteiger charge is -2.36. The van der Waals surface area contributed by atoms with Crippen molar-refractivity contribution in [3.8, 4) is 0 Å². The molecule has 1 fully saturated rings. The van der Waals surface area contributed by atoms with Crippen molar-refractivity contribution in [1.82, 2.24) is 0 Å². The molecule has 0 aromatic heterocycles. The van der Waals surface area contributed by atoms with Gasteiger partial charge in [0.1, 0.15) is 11.5 Å². The molecule has 5 atom stereocenters. The minimum absolute atomic E-state index is 0.0575. The summed E-state index contributed by atoms with van der Waals surface area (Å²) in [7, 11) is 0.